The first kappa shape index (κ1) is 13.4. The van der Waals surface area contributed by atoms with Crippen LogP contribution in [0.3, 0.4) is 0 Å². The zero-order chi connectivity index (χ0) is 14.8. The third-order valence-electron chi connectivity index (χ3n) is 3.22. The van der Waals surface area contributed by atoms with E-state index in [1.807, 2.05) is 13.0 Å². The smallest absolute Gasteiger partial charge is 0.358 e. The predicted octanol–water partition coefficient (Wildman–Crippen LogP) is 1.69. The standard InChI is InChI=1S/C14H15N3O4/c1-2-3-10-13(14(18)19)15-16-17(10)9-4-5-11-12(8-9)21-7-6-20-11/h4-5,8H,2-3,6-7H2,1H3,(H,18,19). The summed E-state index contributed by atoms with van der Waals surface area (Å²) in [6.45, 7) is 3.00. The molecule has 0 aliphatic carbocycles. The Morgan fingerprint density at radius 1 is 1.33 bits per heavy atom. The van der Waals surface area contributed by atoms with Crippen molar-refractivity contribution in [1.82, 2.24) is 15.0 Å². The summed E-state index contributed by atoms with van der Waals surface area (Å²) >= 11 is 0. The monoisotopic (exact) mass is 289 g/mol. The Labute approximate surface area is 121 Å². The molecule has 0 spiro atoms. The molecule has 1 N–H and O–H groups in total. The van der Waals surface area contributed by atoms with Crippen LogP contribution in [-0.4, -0.2) is 39.3 Å². The number of fused-ring (bicyclic) bond motifs is 1. The molecule has 1 aromatic heterocycles. The first-order chi connectivity index (χ1) is 10.2. The van der Waals surface area contributed by atoms with Crippen LogP contribution in [0.25, 0.3) is 5.69 Å². The summed E-state index contributed by atoms with van der Waals surface area (Å²) in [5.41, 5.74) is 1.29. The highest BCUT2D eigenvalue weighted by Gasteiger charge is 2.20. The molecule has 1 aromatic carbocycles. The Hall–Kier alpha value is -2.57. The molecule has 0 atom stereocenters. The Morgan fingerprint density at radius 2 is 2.10 bits per heavy atom. The average molecular weight is 289 g/mol. The summed E-state index contributed by atoms with van der Waals surface area (Å²) in [4.78, 5) is 11.2. The van der Waals surface area contributed by atoms with Crippen LogP contribution < -0.4 is 9.47 Å². The lowest BCUT2D eigenvalue weighted by Gasteiger charge is -2.19. The summed E-state index contributed by atoms with van der Waals surface area (Å²) in [5.74, 6) is 0.247. The molecule has 0 bridgehead atoms. The van der Waals surface area contributed by atoms with E-state index < -0.39 is 5.97 Å². The Morgan fingerprint density at radius 3 is 2.81 bits per heavy atom. The molecular formula is C14H15N3O4. The quantitative estimate of drug-likeness (QED) is 0.921. The summed E-state index contributed by atoms with van der Waals surface area (Å²) < 4.78 is 12.6. The van der Waals surface area contributed by atoms with Gasteiger partial charge in [-0.3, -0.25) is 0 Å². The van der Waals surface area contributed by atoms with Gasteiger partial charge in [0.1, 0.15) is 13.2 Å². The van der Waals surface area contributed by atoms with Crippen LogP contribution in [-0.2, 0) is 6.42 Å². The van der Waals surface area contributed by atoms with Gasteiger partial charge in [0.25, 0.3) is 0 Å². The van der Waals surface area contributed by atoms with Crippen molar-refractivity contribution in [1.29, 1.82) is 0 Å². The van der Waals surface area contributed by atoms with Crippen molar-refractivity contribution in [3.05, 3.63) is 29.6 Å². The number of carboxylic acids is 1. The number of ether oxygens (including phenoxy) is 2. The molecule has 0 unspecified atom stereocenters. The number of carbonyl (C=O) groups is 1. The fourth-order valence-corrected chi connectivity index (χ4v) is 2.30. The van der Waals surface area contributed by atoms with Crippen molar-refractivity contribution >= 4 is 5.97 Å². The first-order valence-electron chi connectivity index (χ1n) is 6.78. The highest BCUT2D eigenvalue weighted by molar-refractivity contribution is 5.86. The highest BCUT2D eigenvalue weighted by Crippen LogP contribution is 2.32. The lowest BCUT2D eigenvalue weighted by molar-refractivity contribution is 0.0689. The summed E-state index contributed by atoms with van der Waals surface area (Å²) in [5, 5.41) is 16.9. The lowest BCUT2D eigenvalue weighted by Crippen LogP contribution is -2.15. The van der Waals surface area contributed by atoms with Gasteiger partial charge in [0, 0.05) is 6.07 Å². The van der Waals surface area contributed by atoms with Crippen LogP contribution in [0.2, 0.25) is 0 Å². The molecule has 0 saturated heterocycles. The predicted molar refractivity (Wildman–Crippen MR) is 73.3 cm³/mol. The second kappa shape index (κ2) is 5.43. The maximum absolute atomic E-state index is 11.2. The molecule has 7 nitrogen and oxygen atoms in total. The van der Waals surface area contributed by atoms with Crippen molar-refractivity contribution < 1.29 is 19.4 Å². The minimum atomic E-state index is -1.07. The zero-order valence-electron chi connectivity index (χ0n) is 11.6. The molecule has 2 aromatic rings. The largest absolute Gasteiger partial charge is 0.486 e. The minimum absolute atomic E-state index is 0.00765. The van der Waals surface area contributed by atoms with Gasteiger partial charge in [0.2, 0.25) is 0 Å². The maximum atomic E-state index is 11.2. The van der Waals surface area contributed by atoms with E-state index in [-0.39, 0.29) is 5.69 Å². The zero-order valence-corrected chi connectivity index (χ0v) is 11.6. The van der Waals surface area contributed by atoms with Gasteiger partial charge < -0.3 is 14.6 Å². The van der Waals surface area contributed by atoms with Crippen molar-refractivity contribution in [3.8, 4) is 17.2 Å². The fourth-order valence-electron chi connectivity index (χ4n) is 2.30. The van der Waals surface area contributed by atoms with Crippen LogP contribution in [0.15, 0.2) is 18.2 Å². The number of benzene rings is 1. The minimum Gasteiger partial charge on any atom is -0.486 e. The fraction of sp³-hybridized carbons (Fsp3) is 0.357. The average Bonchev–Trinajstić information content (AvgIpc) is 2.91. The van der Waals surface area contributed by atoms with Gasteiger partial charge in [-0.25, -0.2) is 9.48 Å². The van der Waals surface area contributed by atoms with Crippen LogP contribution in [0.4, 0.5) is 0 Å². The summed E-state index contributed by atoms with van der Waals surface area (Å²) in [6, 6.07) is 5.39. The highest BCUT2D eigenvalue weighted by atomic mass is 16.6. The molecular weight excluding hydrogens is 274 g/mol. The topological polar surface area (TPSA) is 86.5 Å². The molecule has 110 valence electrons. The molecule has 1 aliphatic rings. The van der Waals surface area contributed by atoms with Crippen LogP contribution >= 0.6 is 0 Å². The lowest BCUT2D eigenvalue weighted by atomic mass is 10.2. The third kappa shape index (κ3) is 2.42. The van der Waals surface area contributed by atoms with E-state index in [1.165, 1.54) is 0 Å². The Bertz CT molecular complexity index is 681. The normalized spacial score (nSPS) is 13.2. The van der Waals surface area contributed by atoms with Gasteiger partial charge in [-0.05, 0) is 18.6 Å². The van der Waals surface area contributed by atoms with E-state index in [0.717, 1.165) is 6.42 Å². The Kier molecular flexibility index (Phi) is 3.47. The van der Waals surface area contributed by atoms with E-state index >= 15 is 0 Å². The van der Waals surface area contributed by atoms with Crippen molar-refractivity contribution in [2.45, 2.75) is 19.8 Å². The van der Waals surface area contributed by atoms with Crippen LogP contribution in [0.5, 0.6) is 11.5 Å². The number of rotatable bonds is 4. The van der Waals surface area contributed by atoms with Gasteiger partial charge >= 0.3 is 5.97 Å². The van der Waals surface area contributed by atoms with Crippen molar-refractivity contribution in [3.63, 3.8) is 0 Å². The second-order valence-electron chi connectivity index (χ2n) is 4.68. The molecule has 3 rings (SSSR count). The summed E-state index contributed by atoms with van der Waals surface area (Å²) in [7, 11) is 0. The van der Waals surface area contributed by atoms with E-state index in [0.29, 0.717) is 42.5 Å². The number of carboxylic acid groups (broad SMARTS) is 1. The summed E-state index contributed by atoms with van der Waals surface area (Å²) in [6.07, 6.45) is 1.39. The molecule has 21 heavy (non-hydrogen) atoms. The van der Waals surface area contributed by atoms with Gasteiger partial charge in [0.15, 0.2) is 17.2 Å². The molecule has 0 fully saturated rings. The van der Waals surface area contributed by atoms with Crippen LogP contribution in [0.1, 0.15) is 29.5 Å². The molecule has 1 aliphatic heterocycles. The van der Waals surface area contributed by atoms with Crippen LogP contribution in [0, 0.1) is 0 Å². The second-order valence-corrected chi connectivity index (χ2v) is 4.68. The molecule has 0 saturated carbocycles. The number of nitrogens with zero attached hydrogens (tertiary/aromatic N) is 3. The Balaban J connectivity index is 2.05. The number of aromatic nitrogens is 3. The maximum Gasteiger partial charge on any atom is 0.358 e. The molecule has 2 heterocycles. The molecule has 0 amide bonds. The van der Waals surface area contributed by atoms with E-state index in [4.69, 9.17) is 9.47 Å². The van der Waals surface area contributed by atoms with Gasteiger partial charge in [-0.15, -0.1) is 5.10 Å². The number of hydrogen-bond acceptors (Lipinski definition) is 5. The van der Waals surface area contributed by atoms with Gasteiger partial charge in [-0.2, -0.15) is 0 Å². The van der Waals surface area contributed by atoms with E-state index in [9.17, 15) is 9.90 Å². The van der Waals surface area contributed by atoms with Crippen molar-refractivity contribution in [2.24, 2.45) is 0 Å². The molecule has 7 heteroatoms. The van der Waals surface area contributed by atoms with Gasteiger partial charge in [0.05, 0.1) is 11.4 Å². The van der Waals surface area contributed by atoms with Crippen molar-refractivity contribution in [2.75, 3.05) is 13.2 Å². The third-order valence-corrected chi connectivity index (χ3v) is 3.22. The molecule has 0 radical (unpaired) electrons. The number of aromatic carboxylic acids is 1. The van der Waals surface area contributed by atoms with E-state index in [1.54, 1.807) is 16.8 Å². The van der Waals surface area contributed by atoms with E-state index in [2.05, 4.69) is 10.3 Å². The van der Waals surface area contributed by atoms with Gasteiger partial charge in [-0.1, -0.05) is 18.6 Å². The number of hydrogen-bond donors (Lipinski definition) is 1. The SMILES string of the molecule is CCCc1c(C(=O)O)nnn1-c1ccc2c(c1)OCCO2. The first-order valence-corrected chi connectivity index (χ1v) is 6.78.